The second-order valence-electron chi connectivity index (χ2n) is 2.31. The van der Waals surface area contributed by atoms with Crippen molar-refractivity contribution in [2.75, 3.05) is 13.7 Å². The number of rotatable bonds is 5. The summed E-state index contributed by atoms with van der Waals surface area (Å²) in [5, 5.41) is 11.6. The molecule has 0 aliphatic rings. The van der Waals surface area contributed by atoms with Crippen LogP contribution in [0.2, 0.25) is 0 Å². The summed E-state index contributed by atoms with van der Waals surface area (Å²) in [6.07, 6.45) is 0.917. The Morgan fingerprint density at radius 2 is 2.20 bits per heavy atom. The van der Waals surface area contributed by atoms with Crippen LogP contribution in [-0.2, 0) is 4.74 Å². The predicted octanol–water partition coefficient (Wildman–Crippen LogP) is 0.339. The van der Waals surface area contributed by atoms with E-state index in [1.54, 1.807) is 0 Å². The Morgan fingerprint density at radius 3 is 2.50 bits per heavy atom. The van der Waals surface area contributed by atoms with E-state index in [1.165, 1.54) is 0 Å². The minimum absolute atomic E-state index is 0.0714. The van der Waals surface area contributed by atoms with Crippen molar-refractivity contribution < 1.29 is 9.84 Å². The van der Waals surface area contributed by atoms with Crippen molar-refractivity contribution in [2.24, 2.45) is 0 Å². The van der Waals surface area contributed by atoms with Crippen molar-refractivity contribution >= 4 is 0 Å². The molecule has 0 saturated carbocycles. The third kappa shape index (κ3) is 3.82. The van der Waals surface area contributed by atoms with Crippen LogP contribution in [0.4, 0.5) is 0 Å². The van der Waals surface area contributed by atoms with Crippen LogP contribution in [0.15, 0.2) is 0 Å². The SMILES string of the molecule is CCC(NC)OC(C)CO. The quantitative estimate of drug-likeness (QED) is 0.551. The lowest BCUT2D eigenvalue weighted by Gasteiger charge is -2.18. The molecule has 2 atom stereocenters. The number of hydrogen-bond acceptors (Lipinski definition) is 3. The molecule has 0 rings (SSSR count). The highest BCUT2D eigenvalue weighted by molar-refractivity contribution is 4.52. The third-order valence-electron chi connectivity index (χ3n) is 1.35. The smallest absolute Gasteiger partial charge is 0.108 e. The van der Waals surface area contributed by atoms with Gasteiger partial charge in [0.25, 0.3) is 0 Å². The van der Waals surface area contributed by atoms with Crippen LogP contribution >= 0.6 is 0 Å². The lowest BCUT2D eigenvalue weighted by Crippen LogP contribution is -2.32. The predicted molar refractivity (Wildman–Crippen MR) is 40.8 cm³/mol. The van der Waals surface area contributed by atoms with Gasteiger partial charge in [-0.15, -0.1) is 0 Å². The first-order chi connectivity index (χ1) is 4.74. The maximum atomic E-state index is 8.62. The van der Waals surface area contributed by atoms with Crippen molar-refractivity contribution in [1.82, 2.24) is 5.32 Å². The number of ether oxygens (including phenoxy) is 1. The summed E-state index contributed by atoms with van der Waals surface area (Å²) in [4.78, 5) is 0. The minimum atomic E-state index is -0.0719. The molecule has 0 radical (unpaired) electrons. The summed E-state index contributed by atoms with van der Waals surface area (Å²) in [5.74, 6) is 0. The maximum absolute atomic E-state index is 8.62. The van der Waals surface area contributed by atoms with Gasteiger partial charge in [-0.25, -0.2) is 0 Å². The van der Waals surface area contributed by atoms with E-state index in [0.29, 0.717) is 0 Å². The molecule has 3 nitrogen and oxygen atoms in total. The van der Waals surface area contributed by atoms with E-state index in [4.69, 9.17) is 9.84 Å². The van der Waals surface area contributed by atoms with Crippen LogP contribution in [0.25, 0.3) is 0 Å². The summed E-state index contributed by atoms with van der Waals surface area (Å²) in [7, 11) is 1.85. The van der Waals surface area contributed by atoms with Crippen LogP contribution in [0.3, 0.4) is 0 Å². The fourth-order valence-electron chi connectivity index (χ4n) is 0.692. The highest BCUT2D eigenvalue weighted by Crippen LogP contribution is 1.97. The molecule has 62 valence electrons. The molecule has 0 aromatic heterocycles. The molecule has 0 fully saturated rings. The van der Waals surface area contributed by atoms with Gasteiger partial charge in [0.05, 0.1) is 12.7 Å². The normalized spacial score (nSPS) is 16.8. The summed E-state index contributed by atoms with van der Waals surface area (Å²) < 4.78 is 5.34. The van der Waals surface area contributed by atoms with Gasteiger partial charge in [0.15, 0.2) is 0 Å². The molecule has 0 spiro atoms. The van der Waals surface area contributed by atoms with Gasteiger partial charge in [-0.3, -0.25) is 5.32 Å². The number of nitrogens with one attached hydrogen (secondary N) is 1. The zero-order valence-corrected chi connectivity index (χ0v) is 6.92. The lowest BCUT2D eigenvalue weighted by atomic mass is 10.4. The topological polar surface area (TPSA) is 41.5 Å². The van der Waals surface area contributed by atoms with Crippen LogP contribution in [-0.4, -0.2) is 31.1 Å². The van der Waals surface area contributed by atoms with Crippen LogP contribution in [0, 0.1) is 0 Å². The first kappa shape index (κ1) is 9.88. The molecule has 0 aliphatic carbocycles. The van der Waals surface area contributed by atoms with Crippen molar-refractivity contribution in [2.45, 2.75) is 32.6 Å². The van der Waals surface area contributed by atoms with Crippen molar-refractivity contribution in [3.05, 3.63) is 0 Å². The molecule has 0 saturated heterocycles. The van der Waals surface area contributed by atoms with E-state index in [0.717, 1.165) is 6.42 Å². The van der Waals surface area contributed by atoms with E-state index in [-0.39, 0.29) is 18.9 Å². The first-order valence-electron chi connectivity index (χ1n) is 3.68. The number of hydrogen-bond donors (Lipinski definition) is 2. The highest BCUT2D eigenvalue weighted by atomic mass is 16.5. The Balaban J connectivity index is 3.41. The standard InChI is InChI=1S/C7H17NO2/c1-4-7(8-3)10-6(2)5-9/h6-9H,4-5H2,1-3H3. The fourth-order valence-corrected chi connectivity index (χ4v) is 0.692. The van der Waals surface area contributed by atoms with Crippen molar-refractivity contribution in [3.63, 3.8) is 0 Å². The molecular weight excluding hydrogens is 130 g/mol. The molecule has 0 heterocycles. The monoisotopic (exact) mass is 147 g/mol. The van der Waals surface area contributed by atoms with E-state index >= 15 is 0 Å². The summed E-state index contributed by atoms with van der Waals surface area (Å²) >= 11 is 0. The summed E-state index contributed by atoms with van der Waals surface area (Å²) in [5.41, 5.74) is 0. The van der Waals surface area contributed by atoms with E-state index < -0.39 is 0 Å². The van der Waals surface area contributed by atoms with E-state index in [2.05, 4.69) is 5.32 Å². The molecule has 10 heavy (non-hydrogen) atoms. The van der Waals surface area contributed by atoms with Crippen LogP contribution in [0.5, 0.6) is 0 Å². The molecule has 0 aromatic carbocycles. The average Bonchev–Trinajstić information content (AvgIpc) is 1.99. The Bertz CT molecular complexity index is 74.0. The zero-order chi connectivity index (χ0) is 7.98. The van der Waals surface area contributed by atoms with Gasteiger partial charge >= 0.3 is 0 Å². The van der Waals surface area contributed by atoms with Crippen LogP contribution < -0.4 is 5.32 Å². The zero-order valence-electron chi connectivity index (χ0n) is 6.92. The average molecular weight is 147 g/mol. The summed E-state index contributed by atoms with van der Waals surface area (Å²) in [6, 6.07) is 0. The Labute approximate surface area is 62.4 Å². The fraction of sp³-hybridized carbons (Fsp3) is 1.00. The van der Waals surface area contributed by atoms with Crippen molar-refractivity contribution in [1.29, 1.82) is 0 Å². The summed E-state index contributed by atoms with van der Waals surface area (Å²) in [6.45, 7) is 3.96. The molecule has 0 aliphatic heterocycles. The van der Waals surface area contributed by atoms with Gasteiger partial charge < -0.3 is 9.84 Å². The van der Waals surface area contributed by atoms with Gasteiger partial charge in [-0.2, -0.15) is 0 Å². The van der Waals surface area contributed by atoms with Crippen molar-refractivity contribution in [3.8, 4) is 0 Å². The largest absolute Gasteiger partial charge is 0.394 e. The van der Waals surface area contributed by atoms with Crippen LogP contribution in [0.1, 0.15) is 20.3 Å². The Hall–Kier alpha value is -0.120. The van der Waals surface area contributed by atoms with Gasteiger partial charge in [0, 0.05) is 0 Å². The third-order valence-corrected chi connectivity index (χ3v) is 1.35. The second-order valence-corrected chi connectivity index (χ2v) is 2.31. The number of aliphatic hydroxyl groups is 1. The van der Waals surface area contributed by atoms with Gasteiger partial charge in [-0.05, 0) is 20.4 Å². The molecule has 2 unspecified atom stereocenters. The molecular formula is C7H17NO2. The van der Waals surface area contributed by atoms with E-state index in [1.807, 2.05) is 20.9 Å². The molecule has 2 N–H and O–H groups in total. The first-order valence-corrected chi connectivity index (χ1v) is 3.68. The highest BCUT2D eigenvalue weighted by Gasteiger charge is 2.06. The number of aliphatic hydroxyl groups excluding tert-OH is 1. The molecule has 0 aromatic rings. The molecule has 0 amide bonds. The Kier molecular flexibility index (Phi) is 5.58. The molecule has 3 heteroatoms. The van der Waals surface area contributed by atoms with E-state index in [9.17, 15) is 0 Å². The minimum Gasteiger partial charge on any atom is -0.394 e. The van der Waals surface area contributed by atoms with Gasteiger partial charge in [-0.1, -0.05) is 6.92 Å². The Morgan fingerprint density at radius 1 is 1.60 bits per heavy atom. The molecule has 0 bridgehead atoms. The van der Waals surface area contributed by atoms with Gasteiger partial charge in [0.1, 0.15) is 6.23 Å². The second kappa shape index (κ2) is 5.65. The lowest BCUT2D eigenvalue weighted by molar-refractivity contribution is -0.0424. The van der Waals surface area contributed by atoms with Gasteiger partial charge in [0.2, 0.25) is 0 Å². The maximum Gasteiger partial charge on any atom is 0.108 e.